The highest BCUT2D eigenvalue weighted by molar-refractivity contribution is 6.74. The van der Waals surface area contributed by atoms with Gasteiger partial charge in [-0.1, -0.05) is 20.8 Å². The average Bonchev–Trinajstić information content (AvgIpc) is 2.26. The molecule has 0 radical (unpaired) electrons. The van der Waals surface area contributed by atoms with Gasteiger partial charge in [0.1, 0.15) is 0 Å². The molecule has 0 saturated carbocycles. The van der Waals surface area contributed by atoms with Crippen LogP contribution in [0.4, 0.5) is 0 Å². The fourth-order valence-electron chi connectivity index (χ4n) is 1.40. The summed E-state index contributed by atoms with van der Waals surface area (Å²) in [5.74, 6) is -0.191. The van der Waals surface area contributed by atoms with E-state index >= 15 is 0 Å². The van der Waals surface area contributed by atoms with Gasteiger partial charge in [0.15, 0.2) is 8.32 Å². The van der Waals surface area contributed by atoms with E-state index in [1.807, 2.05) is 0 Å². The number of carbonyl (C=O) groups is 1. The highest BCUT2D eigenvalue weighted by Gasteiger charge is 2.39. The van der Waals surface area contributed by atoms with Crippen LogP contribution in [0.15, 0.2) is 0 Å². The summed E-state index contributed by atoms with van der Waals surface area (Å²) in [6, 6.07) is 0. The first-order valence-electron chi connectivity index (χ1n) is 6.52. The first-order valence-corrected chi connectivity index (χ1v) is 9.96. The van der Waals surface area contributed by atoms with Gasteiger partial charge in [-0.15, -0.1) is 11.6 Å². The molecule has 2 atom stereocenters. The largest absolute Gasteiger partial charge is 0.469 e. The van der Waals surface area contributed by atoms with E-state index < -0.39 is 14.4 Å². The number of rotatable bonds is 7. The van der Waals surface area contributed by atoms with Crippen LogP contribution in [-0.4, -0.2) is 44.6 Å². The van der Waals surface area contributed by atoms with Crippen molar-refractivity contribution in [1.29, 1.82) is 0 Å². The molecule has 4 nitrogen and oxygen atoms in total. The zero-order valence-electron chi connectivity index (χ0n) is 12.8. The highest BCUT2D eigenvalue weighted by atomic mass is 35.5. The Morgan fingerprint density at radius 3 is 2.26 bits per heavy atom. The molecule has 0 aliphatic rings. The van der Waals surface area contributed by atoms with Crippen LogP contribution >= 0.6 is 11.6 Å². The van der Waals surface area contributed by atoms with Gasteiger partial charge in [0.2, 0.25) is 0 Å². The lowest BCUT2D eigenvalue weighted by Crippen LogP contribution is -2.45. The Bertz CT molecular complexity index is 289. The van der Waals surface area contributed by atoms with Crippen LogP contribution < -0.4 is 0 Å². The Kier molecular flexibility index (Phi) is 7.58. The molecule has 1 N–H and O–H groups in total. The van der Waals surface area contributed by atoms with Crippen molar-refractivity contribution in [3.8, 4) is 0 Å². The maximum Gasteiger partial charge on any atom is 0.308 e. The summed E-state index contributed by atoms with van der Waals surface area (Å²) in [5, 5.41) is 9.71. The van der Waals surface area contributed by atoms with Crippen LogP contribution in [0.2, 0.25) is 18.1 Å². The summed E-state index contributed by atoms with van der Waals surface area (Å²) < 4.78 is 10.8. The topological polar surface area (TPSA) is 55.8 Å². The van der Waals surface area contributed by atoms with Crippen molar-refractivity contribution in [2.45, 2.75) is 64.0 Å². The second-order valence-corrected chi connectivity index (χ2v) is 11.4. The third-order valence-electron chi connectivity index (χ3n) is 3.60. The second-order valence-electron chi connectivity index (χ2n) is 6.32. The van der Waals surface area contributed by atoms with E-state index in [-0.39, 0.29) is 29.4 Å². The Hall–Kier alpha value is -0.103. The van der Waals surface area contributed by atoms with Crippen molar-refractivity contribution in [1.82, 2.24) is 0 Å². The molecular weight excluding hydrogens is 284 g/mol. The predicted molar refractivity (Wildman–Crippen MR) is 80.0 cm³/mol. The molecule has 19 heavy (non-hydrogen) atoms. The van der Waals surface area contributed by atoms with Crippen LogP contribution in [0.5, 0.6) is 0 Å². The van der Waals surface area contributed by atoms with Crippen LogP contribution in [0, 0.1) is 0 Å². The van der Waals surface area contributed by atoms with Crippen molar-refractivity contribution in [3.63, 3.8) is 0 Å². The van der Waals surface area contributed by atoms with Gasteiger partial charge in [-0.3, -0.25) is 4.79 Å². The number of esters is 1. The van der Waals surface area contributed by atoms with E-state index in [1.165, 1.54) is 7.11 Å². The molecule has 0 fully saturated rings. The molecular formula is C13H27ClO4Si. The van der Waals surface area contributed by atoms with Crippen molar-refractivity contribution < 1.29 is 19.1 Å². The number of hydrogen-bond donors (Lipinski definition) is 1. The van der Waals surface area contributed by atoms with Crippen molar-refractivity contribution in [2.75, 3.05) is 13.0 Å². The summed E-state index contributed by atoms with van der Waals surface area (Å²) >= 11 is 5.62. The quantitative estimate of drug-likeness (QED) is 0.446. The van der Waals surface area contributed by atoms with Crippen LogP contribution in [0.3, 0.4) is 0 Å². The van der Waals surface area contributed by atoms with Gasteiger partial charge in [-0.05, 0) is 24.6 Å². The van der Waals surface area contributed by atoms with Crippen LogP contribution in [0.1, 0.15) is 33.6 Å². The van der Waals surface area contributed by atoms with E-state index in [4.69, 9.17) is 16.0 Å². The van der Waals surface area contributed by atoms with Crippen molar-refractivity contribution in [2.24, 2.45) is 0 Å². The SMILES string of the molecule is COC(=O)C[C@@H](CC(O)CCl)O[Si](C)(C)C(C)(C)C. The standard InChI is InChI=1S/C13H27ClO4Si/c1-13(2,3)19(5,6)18-11(7-10(15)9-14)8-12(16)17-4/h10-11,15H,7-9H2,1-6H3/t10?,11-/m1/s1. The Balaban J connectivity index is 4.79. The fourth-order valence-corrected chi connectivity index (χ4v) is 2.89. The van der Waals surface area contributed by atoms with E-state index in [0.29, 0.717) is 6.42 Å². The fraction of sp³-hybridized carbons (Fsp3) is 0.923. The lowest BCUT2D eigenvalue weighted by Gasteiger charge is -2.39. The number of methoxy groups -OCH3 is 1. The molecule has 0 saturated heterocycles. The van der Waals surface area contributed by atoms with Crippen LogP contribution in [-0.2, 0) is 14.0 Å². The van der Waals surface area contributed by atoms with Gasteiger partial charge in [-0.2, -0.15) is 0 Å². The van der Waals surface area contributed by atoms with E-state index in [0.717, 1.165) is 0 Å². The maximum absolute atomic E-state index is 11.4. The predicted octanol–water partition coefficient (Wildman–Crippen LogP) is 2.93. The third-order valence-corrected chi connectivity index (χ3v) is 8.49. The van der Waals surface area contributed by atoms with E-state index in [1.54, 1.807) is 0 Å². The molecule has 0 aromatic rings. The molecule has 0 aromatic carbocycles. The molecule has 0 rings (SSSR count). The number of ether oxygens (including phenoxy) is 1. The number of alkyl halides is 1. The molecule has 114 valence electrons. The summed E-state index contributed by atoms with van der Waals surface area (Å²) in [7, 11) is -0.638. The molecule has 6 heteroatoms. The second kappa shape index (κ2) is 7.62. The molecule has 0 aliphatic heterocycles. The molecule has 0 aliphatic carbocycles. The number of aliphatic hydroxyl groups is 1. The van der Waals surface area contributed by atoms with Gasteiger partial charge < -0.3 is 14.3 Å². The number of carbonyl (C=O) groups excluding carboxylic acids is 1. The Labute approximate surface area is 122 Å². The van der Waals surface area contributed by atoms with Gasteiger partial charge >= 0.3 is 5.97 Å². The molecule has 0 heterocycles. The number of aliphatic hydroxyl groups excluding tert-OH is 1. The Morgan fingerprint density at radius 2 is 1.89 bits per heavy atom. The molecule has 0 spiro atoms. The normalized spacial score (nSPS) is 16.0. The summed E-state index contributed by atoms with van der Waals surface area (Å²) in [6.07, 6.45) is -0.509. The summed E-state index contributed by atoms with van der Waals surface area (Å²) in [5.41, 5.74) is 0. The molecule has 0 amide bonds. The minimum Gasteiger partial charge on any atom is -0.469 e. The lowest BCUT2D eigenvalue weighted by molar-refractivity contribution is -0.142. The number of hydrogen-bond acceptors (Lipinski definition) is 4. The van der Waals surface area contributed by atoms with E-state index in [2.05, 4.69) is 38.6 Å². The van der Waals surface area contributed by atoms with E-state index in [9.17, 15) is 9.90 Å². The summed E-state index contributed by atoms with van der Waals surface area (Å²) in [4.78, 5) is 11.4. The molecule has 1 unspecified atom stereocenters. The first-order chi connectivity index (χ1) is 8.53. The molecule has 0 aromatic heterocycles. The number of halogens is 1. The van der Waals surface area contributed by atoms with Crippen molar-refractivity contribution >= 4 is 25.9 Å². The zero-order valence-corrected chi connectivity index (χ0v) is 14.6. The average molecular weight is 311 g/mol. The lowest BCUT2D eigenvalue weighted by atomic mass is 10.1. The smallest absolute Gasteiger partial charge is 0.308 e. The van der Waals surface area contributed by atoms with Gasteiger partial charge in [0, 0.05) is 5.88 Å². The summed E-state index contributed by atoms with van der Waals surface area (Å²) in [6.45, 7) is 10.6. The zero-order chi connectivity index (χ0) is 15.3. The van der Waals surface area contributed by atoms with Gasteiger partial charge in [0.05, 0.1) is 25.7 Å². The Morgan fingerprint density at radius 1 is 1.37 bits per heavy atom. The van der Waals surface area contributed by atoms with Gasteiger partial charge in [-0.25, -0.2) is 0 Å². The minimum absolute atomic E-state index is 0.0489. The highest BCUT2D eigenvalue weighted by Crippen LogP contribution is 2.38. The van der Waals surface area contributed by atoms with Gasteiger partial charge in [0.25, 0.3) is 0 Å². The maximum atomic E-state index is 11.4. The minimum atomic E-state index is -1.99. The third kappa shape index (κ3) is 6.74. The first kappa shape index (κ1) is 18.9. The monoisotopic (exact) mass is 310 g/mol. The molecule has 0 bridgehead atoms. The van der Waals surface area contributed by atoms with Crippen molar-refractivity contribution in [3.05, 3.63) is 0 Å². The van der Waals surface area contributed by atoms with Crippen LogP contribution in [0.25, 0.3) is 0 Å².